The molecule has 0 radical (unpaired) electrons. The zero-order valence-corrected chi connectivity index (χ0v) is 20.0. The van der Waals surface area contributed by atoms with Crippen molar-refractivity contribution in [3.05, 3.63) is 60.2 Å². The summed E-state index contributed by atoms with van der Waals surface area (Å²) in [5.41, 5.74) is 3.35. The Hall–Kier alpha value is -2.64. The van der Waals surface area contributed by atoms with E-state index in [2.05, 4.69) is 63.4 Å². The van der Waals surface area contributed by atoms with Crippen LogP contribution in [0.5, 0.6) is 0 Å². The van der Waals surface area contributed by atoms with E-state index in [4.69, 9.17) is 12.2 Å². The molecule has 0 atom stereocenters. The Morgan fingerprint density at radius 3 is 2.38 bits per heavy atom. The van der Waals surface area contributed by atoms with Gasteiger partial charge in [-0.15, -0.1) is 0 Å². The van der Waals surface area contributed by atoms with Crippen LogP contribution in [0.4, 0.5) is 11.4 Å². The monoisotopic (exact) mass is 453 g/mol. The van der Waals surface area contributed by atoms with Gasteiger partial charge in [-0.3, -0.25) is 9.69 Å². The van der Waals surface area contributed by atoms with Crippen molar-refractivity contribution in [1.29, 1.82) is 0 Å². The predicted molar refractivity (Wildman–Crippen MR) is 137 cm³/mol. The first kappa shape index (κ1) is 24.0. The highest BCUT2D eigenvalue weighted by Crippen LogP contribution is 2.18. The van der Waals surface area contributed by atoms with E-state index in [0.717, 1.165) is 62.1 Å². The molecule has 6 nitrogen and oxygen atoms in total. The molecule has 1 amide bonds. The summed E-state index contributed by atoms with van der Waals surface area (Å²) in [5, 5.41) is 7.14. The van der Waals surface area contributed by atoms with Crippen molar-refractivity contribution in [2.45, 2.75) is 26.8 Å². The maximum absolute atomic E-state index is 12.4. The SMILES string of the molecule is CCN(CC)c1ccc(NC(=S)N2CCCN(CC(=O)NCc3ccccc3)CC2)cc1. The van der Waals surface area contributed by atoms with Crippen LogP contribution in [0.1, 0.15) is 25.8 Å². The molecule has 0 aromatic heterocycles. The maximum Gasteiger partial charge on any atom is 0.234 e. The van der Waals surface area contributed by atoms with Gasteiger partial charge < -0.3 is 20.4 Å². The van der Waals surface area contributed by atoms with Gasteiger partial charge in [0.1, 0.15) is 0 Å². The van der Waals surface area contributed by atoms with Gasteiger partial charge in [-0.2, -0.15) is 0 Å². The highest BCUT2D eigenvalue weighted by Gasteiger charge is 2.19. The molecule has 0 unspecified atom stereocenters. The molecule has 7 heteroatoms. The van der Waals surface area contributed by atoms with Gasteiger partial charge in [0.15, 0.2) is 5.11 Å². The zero-order valence-electron chi connectivity index (χ0n) is 19.2. The Labute approximate surface area is 197 Å². The quantitative estimate of drug-likeness (QED) is 0.596. The lowest BCUT2D eigenvalue weighted by molar-refractivity contribution is -0.122. The summed E-state index contributed by atoms with van der Waals surface area (Å²) in [4.78, 5) is 19.1. The van der Waals surface area contributed by atoms with Gasteiger partial charge in [0.2, 0.25) is 5.91 Å². The summed E-state index contributed by atoms with van der Waals surface area (Å²) < 4.78 is 0. The second-order valence-corrected chi connectivity index (χ2v) is 8.42. The van der Waals surface area contributed by atoms with Crippen molar-refractivity contribution in [3.8, 4) is 0 Å². The first-order valence-corrected chi connectivity index (χ1v) is 11.9. The van der Waals surface area contributed by atoms with Gasteiger partial charge in [0.25, 0.3) is 0 Å². The lowest BCUT2D eigenvalue weighted by Gasteiger charge is -2.25. The number of benzene rings is 2. The smallest absolute Gasteiger partial charge is 0.234 e. The van der Waals surface area contributed by atoms with Gasteiger partial charge in [0, 0.05) is 57.2 Å². The van der Waals surface area contributed by atoms with Crippen LogP contribution in [0.2, 0.25) is 0 Å². The summed E-state index contributed by atoms with van der Waals surface area (Å²) in [7, 11) is 0. The van der Waals surface area contributed by atoms with Gasteiger partial charge in [-0.25, -0.2) is 0 Å². The molecule has 1 heterocycles. The van der Waals surface area contributed by atoms with Crippen LogP contribution in [0.15, 0.2) is 54.6 Å². The molecule has 1 fully saturated rings. The highest BCUT2D eigenvalue weighted by atomic mass is 32.1. The fraction of sp³-hybridized carbons (Fsp3) is 0.440. The molecule has 2 aromatic rings. The number of thiocarbonyl (C=S) groups is 1. The summed E-state index contributed by atoms with van der Waals surface area (Å²) in [6.45, 7) is 10.8. The third-order valence-corrected chi connectivity index (χ3v) is 6.18. The Balaban J connectivity index is 1.44. The highest BCUT2D eigenvalue weighted by molar-refractivity contribution is 7.80. The normalized spacial score (nSPS) is 14.5. The van der Waals surface area contributed by atoms with E-state index in [9.17, 15) is 4.79 Å². The fourth-order valence-electron chi connectivity index (χ4n) is 3.93. The van der Waals surface area contributed by atoms with Crippen LogP contribution >= 0.6 is 12.2 Å². The van der Waals surface area contributed by atoms with E-state index in [-0.39, 0.29) is 5.91 Å². The number of carbonyl (C=O) groups excluding carboxylic acids is 1. The van der Waals surface area contributed by atoms with Gasteiger partial charge in [0.05, 0.1) is 6.54 Å². The van der Waals surface area contributed by atoms with E-state index in [1.165, 1.54) is 5.69 Å². The molecule has 1 aliphatic heterocycles. The Bertz CT molecular complexity index is 854. The van der Waals surface area contributed by atoms with Gasteiger partial charge in [-0.05, 0) is 62.3 Å². The first-order chi connectivity index (χ1) is 15.6. The first-order valence-electron chi connectivity index (χ1n) is 11.5. The Kier molecular flexibility index (Phi) is 9.31. The average molecular weight is 454 g/mol. The molecule has 172 valence electrons. The van der Waals surface area contributed by atoms with E-state index < -0.39 is 0 Å². The minimum absolute atomic E-state index is 0.0660. The van der Waals surface area contributed by atoms with E-state index in [1.54, 1.807) is 0 Å². The second kappa shape index (κ2) is 12.4. The molecular weight excluding hydrogens is 418 g/mol. The number of hydrogen-bond acceptors (Lipinski definition) is 4. The molecule has 0 saturated carbocycles. The molecule has 32 heavy (non-hydrogen) atoms. The maximum atomic E-state index is 12.4. The minimum atomic E-state index is 0.0660. The third kappa shape index (κ3) is 7.21. The number of carbonyl (C=O) groups is 1. The molecule has 2 N–H and O–H groups in total. The standard InChI is InChI=1S/C25H35N5OS/c1-3-29(4-2)23-13-11-22(12-14-23)27-25(32)30-16-8-15-28(17-18-30)20-24(31)26-19-21-9-6-5-7-10-21/h5-7,9-14H,3-4,8,15-20H2,1-2H3,(H,26,31)(H,27,32). The number of rotatable bonds is 8. The third-order valence-electron chi connectivity index (χ3n) is 5.82. The van der Waals surface area contributed by atoms with Crippen molar-refractivity contribution in [1.82, 2.24) is 15.1 Å². The number of amides is 1. The molecule has 3 rings (SSSR count). The molecule has 2 aromatic carbocycles. The second-order valence-electron chi connectivity index (χ2n) is 8.03. The lowest BCUT2D eigenvalue weighted by Crippen LogP contribution is -2.40. The molecule has 1 saturated heterocycles. The van der Waals surface area contributed by atoms with Gasteiger partial charge in [-0.1, -0.05) is 30.3 Å². The molecule has 0 aliphatic carbocycles. The van der Waals surface area contributed by atoms with Crippen molar-refractivity contribution < 1.29 is 4.79 Å². The number of hydrogen-bond donors (Lipinski definition) is 2. The number of nitrogens with one attached hydrogen (secondary N) is 2. The summed E-state index contributed by atoms with van der Waals surface area (Å²) in [6, 6.07) is 18.4. The average Bonchev–Trinajstić information content (AvgIpc) is 3.06. The van der Waals surface area contributed by atoms with Crippen LogP contribution in [0.25, 0.3) is 0 Å². The van der Waals surface area contributed by atoms with Crippen LogP contribution in [-0.2, 0) is 11.3 Å². The summed E-state index contributed by atoms with van der Waals surface area (Å²) in [5.74, 6) is 0.0660. The van der Waals surface area contributed by atoms with E-state index in [1.807, 2.05) is 30.3 Å². The van der Waals surface area contributed by atoms with Crippen LogP contribution in [0.3, 0.4) is 0 Å². The van der Waals surface area contributed by atoms with Crippen molar-refractivity contribution in [2.75, 3.05) is 56.0 Å². The van der Waals surface area contributed by atoms with Crippen molar-refractivity contribution in [3.63, 3.8) is 0 Å². The zero-order chi connectivity index (χ0) is 22.8. The van der Waals surface area contributed by atoms with Gasteiger partial charge >= 0.3 is 0 Å². The number of anilines is 2. The van der Waals surface area contributed by atoms with E-state index in [0.29, 0.717) is 13.1 Å². The lowest BCUT2D eigenvalue weighted by atomic mass is 10.2. The molecular formula is C25H35N5OS. The molecule has 1 aliphatic rings. The fourth-order valence-corrected chi connectivity index (χ4v) is 4.23. The minimum Gasteiger partial charge on any atom is -0.372 e. The predicted octanol–water partition coefficient (Wildman–Crippen LogP) is 3.55. The van der Waals surface area contributed by atoms with Crippen molar-refractivity contribution in [2.24, 2.45) is 0 Å². The Morgan fingerprint density at radius 1 is 0.969 bits per heavy atom. The summed E-state index contributed by atoms with van der Waals surface area (Å²) >= 11 is 5.68. The summed E-state index contributed by atoms with van der Waals surface area (Å²) in [6.07, 6.45) is 0.981. The van der Waals surface area contributed by atoms with Crippen LogP contribution in [-0.4, -0.2) is 66.6 Å². The molecule has 0 bridgehead atoms. The Morgan fingerprint density at radius 2 is 1.69 bits per heavy atom. The number of nitrogens with zero attached hydrogens (tertiary/aromatic N) is 3. The van der Waals surface area contributed by atoms with E-state index >= 15 is 0 Å². The topological polar surface area (TPSA) is 50.9 Å². The molecule has 0 spiro atoms. The van der Waals surface area contributed by atoms with Crippen LogP contribution < -0.4 is 15.5 Å². The largest absolute Gasteiger partial charge is 0.372 e. The van der Waals surface area contributed by atoms with Crippen molar-refractivity contribution >= 4 is 34.6 Å². The van der Waals surface area contributed by atoms with Crippen LogP contribution in [0, 0.1) is 0 Å².